The Labute approximate surface area is 142 Å². The molecule has 2 saturated carbocycles. The molecule has 136 valence electrons. The molecule has 7 nitrogen and oxygen atoms in total. The minimum atomic E-state index is -3.68. The van der Waals surface area contributed by atoms with E-state index in [0.29, 0.717) is 32.1 Å². The van der Waals surface area contributed by atoms with Crippen LogP contribution in [-0.2, 0) is 24.4 Å². The quantitative estimate of drug-likeness (QED) is 0.471. The summed E-state index contributed by atoms with van der Waals surface area (Å²) < 4.78 is 27.2. The molecule has 24 heavy (non-hydrogen) atoms. The lowest BCUT2D eigenvalue weighted by Gasteiger charge is -2.35. The first-order valence-corrected chi connectivity index (χ1v) is 9.96. The molecule has 0 spiro atoms. The minimum absolute atomic E-state index is 0.0715. The van der Waals surface area contributed by atoms with Gasteiger partial charge in [-0.05, 0) is 31.1 Å². The van der Waals surface area contributed by atoms with Crippen LogP contribution in [0.1, 0.15) is 52.4 Å². The highest BCUT2D eigenvalue weighted by atomic mass is 32.2. The first-order chi connectivity index (χ1) is 11.0. The SMILES string of the molecule is CC1(C)C2CCC1(CS(=O)(=O)NCCCCCC(=O)O)C(=O)C2=O. The molecule has 2 N–H and O–H groups in total. The van der Waals surface area contributed by atoms with Crippen molar-refractivity contribution in [3.05, 3.63) is 0 Å². The second-order valence-corrected chi connectivity index (χ2v) is 9.25. The lowest BCUT2D eigenvalue weighted by molar-refractivity contribution is -0.141. The number of rotatable bonds is 9. The highest BCUT2D eigenvalue weighted by Crippen LogP contribution is 2.62. The number of carboxylic acid groups (broad SMARTS) is 1. The molecular weight excluding hydrogens is 334 g/mol. The number of hydrogen-bond acceptors (Lipinski definition) is 5. The molecular formula is C16H25NO6S. The van der Waals surface area contributed by atoms with Crippen LogP contribution < -0.4 is 4.72 Å². The van der Waals surface area contributed by atoms with Gasteiger partial charge in [-0.15, -0.1) is 0 Å². The number of Topliss-reactive ketones (excluding diaryl/α,β-unsaturated/α-hetero) is 2. The second kappa shape index (κ2) is 6.55. The molecule has 0 aliphatic heterocycles. The van der Waals surface area contributed by atoms with Crippen LogP contribution >= 0.6 is 0 Å². The Bertz CT molecular complexity index is 653. The molecule has 2 fully saturated rings. The van der Waals surface area contributed by atoms with Crippen LogP contribution in [0.25, 0.3) is 0 Å². The fourth-order valence-corrected chi connectivity index (χ4v) is 6.02. The molecule has 0 radical (unpaired) electrons. The number of sulfonamides is 1. The molecule has 2 bridgehead atoms. The summed E-state index contributed by atoms with van der Waals surface area (Å²) in [5.41, 5.74) is -1.73. The number of hydrogen-bond donors (Lipinski definition) is 2. The molecule has 2 unspecified atom stereocenters. The lowest BCUT2D eigenvalue weighted by atomic mass is 9.70. The van der Waals surface area contributed by atoms with Crippen molar-refractivity contribution in [2.75, 3.05) is 12.3 Å². The maximum absolute atomic E-state index is 12.4. The van der Waals surface area contributed by atoms with Gasteiger partial charge in [-0.2, -0.15) is 0 Å². The van der Waals surface area contributed by atoms with Gasteiger partial charge < -0.3 is 5.11 Å². The first-order valence-electron chi connectivity index (χ1n) is 8.31. The molecule has 0 amide bonds. The highest BCUT2D eigenvalue weighted by molar-refractivity contribution is 7.89. The van der Waals surface area contributed by atoms with Crippen LogP contribution in [0.15, 0.2) is 0 Å². The van der Waals surface area contributed by atoms with Crippen molar-refractivity contribution in [1.82, 2.24) is 4.72 Å². The summed E-state index contributed by atoms with van der Waals surface area (Å²) in [4.78, 5) is 34.8. The Kier molecular flexibility index (Phi) is 5.20. The van der Waals surface area contributed by atoms with E-state index in [2.05, 4.69) is 4.72 Å². The molecule has 0 aromatic carbocycles. The third-order valence-corrected chi connectivity index (χ3v) is 7.28. The van der Waals surface area contributed by atoms with Gasteiger partial charge >= 0.3 is 5.97 Å². The monoisotopic (exact) mass is 359 g/mol. The predicted molar refractivity (Wildman–Crippen MR) is 86.8 cm³/mol. The van der Waals surface area contributed by atoms with Crippen molar-refractivity contribution in [2.45, 2.75) is 52.4 Å². The largest absolute Gasteiger partial charge is 0.481 e. The molecule has 2 aliphatic rings. The zero-order valence-electron chi connectivity index (χ0n) is 14.1. The molecule has 2 aliphatic carbocycles. The number of unbranched alkanes of at least 4 members (excludes halogenated alkanes) is 2. The first kappa shape index (κ1) is 19.1. The van der Waals surface area contributed by atoms with Crippen molar-refractivity contribution >= 4 is 27.6 Å². The molecule has 0 heterocycles. The standard InChI is InChI=1S/C16H25NO6S/c1-15(2)11-7-8-16(15,14(21)13(11)20)10-24(22,23)17-9-5-3-4-6-12(18)19/h11,17H,3-10H2,1-2H3,(H,18,19). The summed E-state index contributed by atoms with van der Waals surface area (Å²) in [6.45, 7) is 3.84. The van der Waals surface area contributed by atoms with Crippen molar-refractivity contribution < 1.29 is 27.9 Å². The van der Waals surface area contributed by atoms with Crippen LogP contribution in [0.5, 0.6) is 0 Å². The van der Waals surface area contributed by atoms with Crippen LogP contribution in [0.2, 0.25) is 0 Å². The number of carboxylic acids is 1. The minimum Gasteiger partial charge on any atom is -0.481 e. The van der Waals surface area contributed by atoms with Crippen LogP contribution in [-0.4, -0.2) is 43.4 Å². The van der Waals surface area contributed by atoms with E-state index in [4.69, 9.17) is 5.11 Å². The normalized spacial score (nSPS) is 28.5. The summed E-state index contributed by atoms with van der Waals surface area (Å²) >= 11 is 0. The maximum Gasteiger partial charge on any atom is 0.303 e. The van der Waals surface area contributed by atoms with E-state index in [0.717, 1.165) is 0 Å². The van der Waals surface area contributed by atoms with Gasteiger partial charge in [0.05, 0.1) is 11.2 Å². The smallest absolute Gasteiger partial charge is 0.303 e. The number of nitrogens with one attached hydrogen (secondary N) is 1. The highest BCUT2D eigenvalue weighted by Gasteiger charge is 2.69. The summed E-state index contributed by atoms with van der Waals surface area (Å²) in [5.74, 6) is -2.53. The van der Waals surface area contributed by atoms with Crippen molar-refractivity contribution in [3.63, 3.8) is 0 Å². The Hall–Kier alpha value is -1.28. The van der Waals surface area contributed by atoms with Gasteiger partial charge in [0.25, 0.3) is 0 Å². The molecule has 2 rings (SSSR count). The van der Waals surface area contributed by atoms with E-state index < -0.39 is 38.4 Å². The Morgan fingerprint density at radius 1 is 1.25 bits per heavy atom. The van der Waals surface area contributed by atoms with Gasteiger partial charge in [0.2, 0.25) is 21.6 Å². The maximum atomic E-state index is 12.4. The fourth-order valence-electron chi connectivity index (χ4n) is 4.17. The number of carbonyl (C=O) groups excluding carboxylic acids is 2. The molecule has 0 aromatic rings. The average molecular weight is 359 g/mol. The van der Waals surface area contributed by atoms with E-state index in [1.54, 1.807) is 0 Å². The van der Waals surface area contributed by atoms with Gasteiger partial charge in [-0.1, -0.05) is 20.3 Å². The summed E-state index contributed by atoms with van der Waals surface area (Å²) in [6.07, 6.45) is 2.74. The topological polar surface area (TPSA) is 118 Å². The summed E-state index contributed by atoms with van der Waals surface area (Å²) in [6, 6.07) is 0. The number of carbonyl (C=O) groups is 3. The van der Waals surface area contributed by atoms with Crippen molar-refractivity contribution in [2.24, 2.45) is 16.7 Å². The van der Waals surface area contributed by atoms with E-state index in [1.807, 2.05) is 13.8 Å². The average Bonchev–Trinajstić information content (AvgIpc) is 2.77. The third-order valence-electron chi connectivity index (χ3n) is 5.77. The van der Waals surface area contributed by atoms with E-state index >= 15 is 0 Å². The fraction of sp³-hybridized carbons (Fsp3) is 0.812. The van der Waals surface area contributed by atoms with E-state index in [9.17, 15) is 22.8 Å². The Balaban J connectivity index is 1.93. The van der Waals surface area contributed by atoms with Gasteiger partial charge in [0, 0.05) is 18.9 Å². The van der Waals surface area contributed by atoms with Crippen molar-refractivity contribution in [3.8, 4) is 0 Å². The van der Waals surface area contributed by atoms with Gasteiger partial charge in [-0.25, -0.2) is 13.1 Å². The van der Waals surface area contributed by atoms with Gasteiger partial charge in [0.15, 0.2) is 0 Å². The predicted octanol–water partition coefficient (Wildman–Crippen LogP) is 1.13. The van der Waals surface area contributed by atoms with Gasteiger partial charge in [0.1, 0.15) is 0 Å². The Morgan fingerprint density at radius 2 is 1.92 bits per heavy atom. The molecule has 0 saturated heterocycles. The Morgan fingerprint density at radius 3 is 2.46 bits per heavy atom. The van der Waals surface area contributed by atoms with Crippen LogP contribution in [0.3, 0.4) is 0 Å². The van der Waals surface area contributed by atoms with Crippen LogP contribution in [0, 0.1) is 16.7 Å². The molecule has 8 heteroatoms. The zero-order chi connectivity index (χ0) is 18.2. The van der Waals surface area contributed by atoms with Gasteiger partial charge in [-0.3, -0.25) is 14.4 Å². The van der Waals surface area contributed by atoms with Crippen molar-refractivity contribution in [1.29, 1.82) is 0 Å². The number of fused-ring (bicyclic) bond motifs is 2. The summed E-state index contributed by atoms with van der Waals surface area (Å²) in [5, 5.41) is 8.54. The second-order valence-electron chi connectivity index (χ2n) is 7.45. The van der Waals surface area contributed by atoms with Crippen LogP contribution in [0.4, 0.5) is 0 Å². The molecule has 2 atom stereocenters. The van der Waals surface area contributed by atoms with E-state index in [1.165, 1.54) is 0 Å². The molecule has 0 aromatic heterocycles. The number of ketones is 2. The zero-order valence-corrected chi connectivity index (χ0v) is 14.9. The van der Waals surface area contributed by atoms with E-state index in [-0.39, 0.29) is 24.6 Å². The summed E-state index contributed by atoms with van der Waals surface area (Å²) in [7, 11) is -3.68. The third kappa shape index (κ3) is 3.26. The lowest BCUT2D eigenvalue weighted by Crippen LogP contribution is -2.46. The number of aliphatic carboxylic acids is 1.